The molecule has 0 aliphatic carbocycles. The van der Waals surface area contributed by atoms with Crippen molar-refractivity contribution in [2.45, 2.75) is 19.4 Å². The van der Waals surface area contributed by atoms with Crippen LogP contribution in [-0.4, -0.2) is 18.2 Å². The van der Waals surface area contributed by atoms with Gasteiger partial charge in [-0.3, -0.25) is 20.6 Å². The van der Waals surface area contributed by atoms with E-state index in [1.807, 2.05) is 42.3 Å². The highest BCUT2D eigenvalue weighted by atomic mass is 79.9. The van der Waals surface area contributed by atoms with E-state index in [-0.39, 0.29) is 11.8 Å². The van der Waals surface area contributed by atoms with Gasteiger partial charge in [0.05, 0.1) is 26.2 Å². The molecule has 1 amide bonds. The molecule has 2 atom stereocenters. The lowest BCUT2D eigenvalue weighted by atomic mass is 9.94. The molecule has 4 rings (SSSR count). The number of benzene rings is 2. The second-order valence-corrected chi connectivity index (χ2v) is 10.9. The Bertz CT molecular complexity index is 1170. The number of carbonyl (C=O) groups excluding carboxylic acids is 1. The molecule has 32 heavy (non-hydrogen) atoms. The summed E-state index contributed by atoms with van der Waals surface area (Å²) in [6, 6.07) is 16.8. The molecule has 9 heteroatoms. The summed E-state index contributed by atoms with van der Waals surface area (Å²) >= 11 is 17.5. The lowest BCUT2D eigenvalue weighted by Gasteiger charge is -2.27. The van der Waals surface area contributed by atoms with Crippen LogP contribution >= 0.6 is 50.5 Å². The van der Waals surface area contributed by atoms with Crippen molar-refractivity contribution >= 4 is 73.5 Å². The van der Waals surface area contributed by atoms with Crippen molar-refractivity contribution in [1.29, 1.82) is 5.41 Å². The Kier molecular flexibility index (Phi) is 7.10. The van der Waals surface area contributed by atoms with Crippen LogP contribution in [0.1, 0.15) is 23.4 Å². The highest BCUT2D eigenvalue weighted by Crippen LogP contribution is 2.37. The number of hydrazine groups is 1. The van der Waals surface area contributed by atoms with Gasteiger partial charge in [0.25, 0.3) is 5.91 Å². The SMILES string of the molecule is C[C@H](C(=N)C(=O)NN1CCc2ccccc21)C(Nc1ccc(Cl)cc1Cl)c1ccc(Br)s1. The standard InChI is InChI=1S/C23H21BrCl2N4OS/c1-13(21(27)23(31)29-30-11-10-14-4-2-3-5-18(14)30)22(19-8-9-20(24)32-19)28-17-7-6-15(25)12-16(17)26/h2-9,12-13,22,27-28H,10-11H2,1H3,(H,29,31)/t13-,22?/m1/s1. The molecule has 0 spiro atoms. The van der Waals surface area contributed by atoms with Crippen LogP contribution in [0.3, 0.4) is 0 Å². The zero-order chi connectivity index (χ0) is 22.8. The summed E-state index contributed by atoms with van der Waals surface area (Å²) in [6.07, 6.45) is 0.863. The van der Waals surface area contributed by atoms with Crippen molar-refractivity contribution in [2.24, 2.45) is 5.92 Å². The molecule has 2 heterocycles. The largest absolute Gasteiger partial charge is 0.376 e. The minimum absolute atomic E-state index is 0.0125. The average molecular weight is 552 g/mol. The molecular weight excluding hydrogens is 531 g/mol. The molecule has 166 valence electrons. The van der Waals surface area contributed by atoms with E-state index in [2.05, 4.69) is 32.7 Å². The molecule has 0 saturated heterocycles. The van der Waals surface area contributed by atoms with E-state index in [0.29, 0.717) is 22.3 Å². The fourth-order valence-corrected chi connectivity index (χ4v) is 5.77. The maximum Gasteiger partial charge on any atom is 0.283 e. The third-order valence-corrected chi connectivity index (χ3v) is 7.72. The number of fused-ring (bicyclic) bond motifs is 1. The zero-order valence-electron chi connectivity index (χ0n) is 17.2. The molecule has 3 aromatic rings. The van der Waals surface area contributed by atoms with Gasteiger partial charge in [-0.1, -0.05) is 48.3 Å². The van der Waals surface area contributed by atoms with Crippen LogP contribution in [0, 0.1) is 11.3 Å². The fourth-order valence-electron chi connectivity index (χ4n) is 3.72. The number of halogens is 3. The number of rotatable bonds is 7. The number of carbonyl (C=O) groups is 1. The number of hydrogen-bond acceptors (Lipinski definition) is 5. The third-order valence-electron chi connectivity index (χ3n) is 5.47. The molecule has 0 fully saturated rings. The summed E-state index contributed by atoms with van der Waals surface area (Å²) in [5.41, 5.74) is 5.75. The molecule has 0 bridgehead atoms. The molecule has 1 aromatic heterocycles. The first-order valence-corrected chi connectivity index (χ1v) is 12.4. The molecule has 0 radical (unpaired) electrons. The van der Waals surface area contributed by atoms with Gasteiger partial charge in [-0.05, 0) is 64.3 Å². The summed E-state index contributed by atoms with van der Waals surface area (Å²) in [4.78, 5) is 14.0. The molecule has 2 aromatic carbocycles. The van der Waals surface area contributed by atoms with Crippen molar-refractivity contribution in [3.8, 4) is 0 Å². The molecule has 5 nitrogen and oxygen atoms in total. The Balaban J connectivity index is 1.54. The summed E-state index contributed by atoms with van der Waals surface area (Å²) in [6.45, 7) is 2.56. The van der Waals surface area contributed by atoms with Gasteiger partial charge < -0.3 is 5.32 Å². The molecule has 3 N–H and O–H groups in total. The Hall–Kier alpha value is -2.06. The predicted octanol–water partition coefficient (Wildman–Crippen LogP) is 6.72. The smallest absolute Gasteiger partial charge is 0.283 e. The highest BCUT2D eigenvalue weighted by Gasteiger charge is 2.30. The Labute approximate surface area is 209 Å². The van der Waals surface area contributed by atoms with Crippen molar-refractivity contribution in [2.75, 3.05) is 16.9 Å². The molecule has 1 aliphatic heterocycles. The van der Waals surface area contributed by atoms with Gasteiger partial charge in [-0.15, -0.1) is 11.3 Å². The van der Waals surface area contributed by atoms with Crippen molar-refractivity contribution in [3.63, 3.8) is 0 Å². The van der Waals surface area contributed by atoms with Crippen molar-refractivity contribution in [1.82, 2.24) is 5.43 Å². The minimum Gasteiger partial charge on any atom is -0.376 e. The van der Waals surface area contributed by atoms with Gasteiger partial charge in [0.15, 0.2) is 0 Å². The zero-order valence-corrected chi connectivity index (χ0v) is 21.1. The Morgan fingerprint density at radius 2 is 1.97 bits per heavy atom. The maximum atomic E-state index is 13.0. The molecular formula is C23H21BrCl2N4OS. The quantitative estimate of drug-likeness (QED) is 0.285. The summed E-state index contributed by atoms with van der Waals surface area (Å²) < 4.78 is 0.971. The van der Waals surface area contributed by atoms with E-state index in [1.54, 1.807) is 29.5 Å². The van der Waals surface area contributed by atoms with E-state index in [4.69, 9.17) is 28.6 Å². The Morgan fingerprint density at radius 1 is 1.19 bits per heavy atom. The van der Waals surface area contributed by atoms with Crippen LogP contribution in [0.5, 0.6) is 0 Å². The average Bonchev–Trinajstić information content (AvgIpc) is 3.38. The van der Waals surface area contributed by atoms with Crippen LogP contribution < -0.4 is 15.8 Å². The number of amides is 1. The fraction of sp³-hybridized carbons (Fsp3) is 0.217. The Morgan fingerprint density at radius 3 is 2.69 bits per heavy atom. The van der Waals surface area contributed by atoms with Gasteiger partial charge in [-0.2, -0.15) is 0 Å². The minimum atomic E-state index is -0.426. The van der Waals surface area contributed by atoms with Crippen LogP contribution in [0.4, 0.5) is 11.4 Å². The first-order valence-electron chi connectivity index (χ1n) is 10.0. The number of anilines is 2. The number of thiophene rings is 1. The van der Waals surface area contributed by atoms with Gasteiger partial charge in [0.1, 0.15) is 5.71 Å². The number of para-hydroxylation sites is 1. The molecule has 0 saturated carbocycles. The van der Waals surface area contributed by atoms with Crippen LogP contribution in [0.2, 0.25) is 10.0 Å². The van der Waals surface area contributed by atoms with Gasteiger partial charge >= 0.3 is 0 Å². The molecule has 1 aliphatic rings. The van der Waals surface area contributed by atoms with Crippen molar-refractivity contribution < 1.29 is 4.79 Å². The second kappa shape index (κ2) is 9.83. The summed E-state index contributed by atoms with van der Waals surface area (Å²) in [7, 11) is 0. The predicted molar refractivity (Wildman–Crippen MR) is 137 cm³/mol. The number of nitrogens with one attached hydrogen (secondary N) is 3. The first-order chi connectivity index (χ1) is 15.3. The monoisotopic (exact) mass is 550 g/mol. The second-order valence-electron chi connectivity index (χ2n) is 7.56. The topological polar surface area (TPSA) is 68.2 Å². The molecule has 1 unspecified atom stereocenters. The van der Waals surface area contributed by atoms with Crippen molar-refractivity contribution in [3.05, 3.63) is 78.9 Å². The number of nitrogens with zero attached hydrogens (tertiary/aromatic N) is 1. The summed E-state index contributed by atoms with van der Waals surface area (Å²) in [5.74, 6) is -0.844. The van der Waals surface area contributed by atoms with E-state index >= 15 is 0 Å². The highest BCUT2D eigenvalue weighted by molar-refractivity contribution is 9.11. The van der Waals surface area contributed by atoms with E-state index in [9.17, 15) is 4.79 Å². The third kappa shape index (κ3) is 4.96. The van der Waals surface area contributed by atoms with Crippen LogP contribution in [-0.2, 0) is 11.2 Å². The van der Waals surface area contributed by atoms with Crippen LogP contribution in [0.25, 0.3) is 0 Å². The normalized spacial score (nSPS) is 14.6. The lowest BCUT2D eigenvalue weighted by Crippen LogP contribution is -2.46. The van der Waals surface area contributed by atoms with Gasteiger partial charge in [0.2, 0.25) is 0 Å². The van der Waals surface area contributed by atoms with E-state index < -0.39 is 11.8 Å². The van der Waals surface area contributed by atoms with Gasteiger partial charge in [-0.25, -0.2) is 0 Å². The van der Waals surface area contributed by atoms with E-state index in [1.165, 1.54) is 5.56 Å². The van der Waals surface area contributed by atoms with E-state index in [0.717, 1.165) is 20.8 Å². The first kappa shape index (κ1) is 23.1. The lowest BCUT2D eigenvalue weighted by molar-refractivity contribution is -0.115. The number of hydrogen-bond donors (Lipinski definition) is 3. The van der Waals surface area contributed by atoms with Gasteiger partial charge in [0, 0.05) is 22.4 Å². The summed E-state index contributed by atoms with van der Waals surface area (Å²) in [5, 5.41) is 14.9. The van der Waals surface area contributed by atoms with Crippen LogP contribution in [0.15, 0.2) is 58.4 Å². The maximum absolute atomic E-state index is 13.0.